The lowest BCUT2D eigenvalue weighted by Gasteiger charge is -2.30. The second kappa shape index (κ2) is 6.17. The summed E-state index contributed by atoms with van der Waals surface area (Å²) in [6.07, 6.45) is -3.03. The zero-order valence-corrected chi connectivity index (χ0v) is 13.3. The van der Waals surface area contributed by atoms with Gasteiger partial charge in [-0.25, -0.2) is 13.1 Å². The van der Waals surface area contributed by atoms with Crippen molar-refractivity contribution in [2.75, 3.05) is 20.1 Å². The third kappa shape index (κ3) is 3.99. The fourth-order valence-corrected chi connectivity index (χ4v) is 3.91. The molecule has 0 bridgehead atoms. The third-order valence-electron chi connectivity index (χ3n) is 3.77. The first-order valence-electron chi connectivity index (χ1n) is 6.98. The Morgan fingerprint density at radius 2 is 2.00 bits per heavy atom. The number of aryl methyl sites for hydroxylation is 1. The summed E-state index contributed by atoms with van der Waals surface area (Å²) in [5.41, 5.74) is -0.917. The number of halogens is 3. The van der Waals surface area contributed by atoms with Crippen LogP contribution >= 0.6 is 0 Å². The van der Waals surface area contributed by atoms with E-state index in [1.165, 1.54) is 19.1 Å². The molecular weight excluding hydrogens is 317 g/mol. The Bertz CT molecular complexity index is 644. The highest BCUT2D eigenvalue weighted by Crippen LogP contribution is 2.33. The summed E-state index contributed by atoms with van der Waals surface area (Å²) in [6.45, 7) is 2.75. The van der Waals surface area contributed by atoms with E-state index < -0.39 is 21.8 Å². The molecular formula is C14H19F3N2O2S. The topological polar surface area (TPSA) is 49.4 Å². The van der Waals surface area contributed by atoms with Crippen LogP contribution in [-0.2, 0) is 16.2 Å². The first-order valence-corrected chi connectivity index (χ1v) is 8.46. The second-order valence-corrected chi connectivity index (χ2v) is 7.41. The van der Waals surface area contributed by atoms with Gasteiger partial charge in [0, 0.05) is 12.6 Å². The zero-order chi connectivity index (χ0) is 16.5. The van der Waals surface area contributed by atoms with Crippen LogP contribution in [0.4, 0.5) is 13.2 Å². The standard InChI is InChI=1S/C14H19F3N2O2S/c1-10-5-6-12(8-13(10)14(15,16)17)22(20,21)18-11-4-3-7-19(2)9-11/h5-6,8,11,18H,3-4,7,9H2,1-2H3. The molecule has 1 fully saturated rings. The van der Waals surface area contributed by atoms with Gasteiger partial charge in [0.2, 0.25) is 10.0 Å². The summed E-state index contributed by atoms with van der Waals surface area (Å²) in [6, 6.07) is 2.81. The van der Waals surface area contributed by atoms with Crippen molar-refractivity contribution in [3.63, 3.8) is 0 Å². The summed E-state index contributed by atoms with van der Waals surface area (Å²) in [5, 5.41) is 0. The molecule has 0 amide bonds. The van der Waals surface area contributed by atoms with E-state index in [-0.39, 0.29) is 16.5 Å². The molecule has 1 saturated heterocycles. The number of piperidine rings is 1. The van der Waals surface area contributed by atoms with Gasteiger partial charge in [-0.3, -0.25) is 0 Å². The van der Waals surface area contributed by atoms with E-state index in [4.69, 9.17) is 0 Å². The number of rotatable bonds is 3. The smallest absolute Gasteiger partial charge is 0.305 e. The van der Waals surface area contributed by atoms with Gasteiger partial charge in [-0.1, -0.05) is 6.07 Å². The predicted molar refractivity (Wildman–Crippen MR) is 77.0 cm³/mol. The van der Waals surface area contributed by atoms with Crippen molar-refractivity contribution in [3.8, 4) is 0 Å². The second-order valence-electron chi connectivity index (χ2n) is 5.70. The molecule has 0 aliphatic carbocycles. The van der Waals surface area contributed by atoms with Crippen LogP contribution in [0.25, 0.3) is 0 Å². The molecule has 22 heavy (non-hydrogen) atoms. The van der Waals surface area contributed by atoms with Crippen molar-refractivity contribution in [2.45, 2.75) is 36.9 Å². The molecule has 8 heteroatoms. The van der Waals surface area contributed by atoms with Gasteiger partial charge < -0.3 is 4.90 Å². The molecule has 4 nitrogen and oxygen atoms in total. The fourth-order valence-electron chi connectivity index (χ4n) is 2.62. The molecule has 0 spiro atoms. The van der Waals surface area contributed by atoms with Gasteiger partial charge in [0.25, 0.3) is 0 Å². The largest absolute Gasteiger partial charge is 0.416 e. The minimum Gasteiger partial charge on any atom is -0.305 e. The van der Waals surface area contributed by atoms with E-state index in [0.717, 1.165) is 13.0 Å². The van der Waals surface area contributed by atoms with Crippen LogP contribution in [0.5, 0.6) is 0 Å². The Morgan fingerprint density at radius 1 is 1.32 bits per heavy atom. The Hall–Kier alpha value is -1.12. The lowest BCUT2D eigenvalue weighted by Crippen LogP contribution is -2.46. The maximum atomic E-state index is 12.9. The number of nitrogens with zero attached hydrogens (tertiary/aromatic N) is 1. The maximum absolute atomic E-state index is 12.9. The SMILES string of the molecule is Cc1ccc(S(=O)(=O)NC2CCCN(C)C2)cc1C(F)(F)F. The van der Waals surface area contributed by atoms with Crippen molar-refractivity contribution in [1.82, 2.24) is 9.62 Å². The van der Waals surface area contributed by atoms with Crippen LogP contribution in [0.1, 0.15) is 24.0 Å². The Labute approximate surface area is 128 Å². The molecule has 1 aliphatic rings. The molecule has 0 aromatic heterocycles. The van der Waals surface area contributed by atoms with Crippen LogP contribution in [0, 0.1) is 6.92 Å². The van der Waals surface area contributed by atoms with Crippen LogP contribution in [0.3, 0.4) is 0 Å². The Balaban J connectivity index is 2.26. The van der Waals surface area contributed by atoms with E-state index >= 15 is 0 Å². The molecule has 2 rings (SSSR count). The Morgan fingerprint density at radius 3 is 2.59 bits per heavy atom. The maximum Gasteiger partial charge on any atom is 0.416 e. The molecule has 1 aromatic rings. The number of alkyl halides is 3. The average molecular weight is 336 g/mol. The first kappa shape index (κ1) is 17.2. The van der Waals surface area contributed by atoms with Gasteiger partial charge in [-0.15, -0.1) is 0 Å². The van der Waals surface area contributed by atoms with Crippen molar-refractivity contribution in [3.05, 3.63) is 29.3 Å². The van der Waals surface area contributed by atoms with Gasteiger partial charge in [0.15, 0.2) is 0 Å². The normalized spacial score (nSPS) is 21.0. The minimum absolute atomic E-state index is 0.00356. The third-order valence-corrected chi connectivity index (χ3v) is 5.29. The van der Waals surface area contributed by atoms with Crippen LogP contribution in [0.15, 0.2) is 23.1 Å². The summed E-state index contributed by atoms with van der Waals surface area (Å²) in [4.78, 5) is 1.64. The number of benzene rings is 1. The molecule has 1 unspecified atom stereocenters. The number of nitrogens with one attached hydrogen (secondary N) is 1. The van der Waals surface area contributed by atoms with Crippen LogP contribution in [0.2, 0.25) is 0 Å². The highest BCUT2D eigenvalue weighted by molar-refractivity contribution is 7.89. The van der Waals surface area contributed by atoms with E-state index in [2.05, 4.69) is 4.72 Å². The fraction of sp³-hybridized carbons (Fsp3) is 0.571. The molecule has 1 N–H and O–H groups in total. The lowest BCUT2D eigenvalue weighted by molar-refractivity contribution is -0.138. The number of hydrogen-bond acceptors (Lipinski definition) is 3. The van der Waals surface area contributed by atoms with E-state index in [1.807, 2.05) is 11.9 Å². The Kier molecular flexibility index (Phi) is 4.84. The molecule has 0 saturated carbocycles. The summed E-state index contributed by atoms with van der Waals surface area (Å²) >= 11 is 0. The van der Waals surface area contributed by atoms with Crippen molar-refractivity contribution < 1.29 is 21.6 Å². The van der Waals surface area contributed by atoms with Crippen molar-refractivity contribution in [1.29, 1.82) is 0 Å². The number of sulfonamides is 1. The summed E-state index contributed by atoms with van der Waals surface area (Å²) in [7, 11) is -2.08. The molecule has 1 aliphatic heterocycles. The van der Waals surface area contributed by atoms with Crippen molar-refractivity contribution in [2.24, 2.45) is 0 Å². The van der Waals surface area contributed by atoms with E-state index in [0.29, 0.717) is 19.0 Å². The summed E-state index contributed by atoms with van der Waals surface area (Å²) < 4.78 is 65.8. The van der Waals surface area contributed by atoms with Crippen molar-refractivity contribution >= 4 is 10.0 Å². The van der Waals surface area contributed by atoms with Gasteiger partial charge in [0.1, 0.15) is 0 Å². The van der Waals surface area contributed by atoms with Gasteiger partial charge in [-0.05, 0) is 51.1 Å². The number of likely N-dealkylation sites (N-methyl/N-ethyl adjacent to an activating group) is 1. The number of hydrogen-bond donors (Lipinski definition) is 1. The lowest BCUT2D eigenvalue weighted by atomic mass is 10.1. The molecule has 124 valence electrons. The van der Waals surface area contributed by atoms with Gasteiger partial charge in [0.05, 0.1) is 10.5 Å². The van der Waals surface area contributed by atoms with Crippen LogP contribution in [-0.4, -0.2) is 39.5 Å². The molecule has 0 radical (unpaired) electrons. The zero-order valence-electron chi connectivity index (χ0n) is 12.4. The monoisotopic (exact) mass is 336 g/mol. The molecule has 1 atom stereocenters. The quantitative estimate of drug-likeness (QED) is 0.922. The highest BCUT2D eigenvalue weighted by atomic mass is 32.2. The van der Waals surface area contributed by atoms with Gasteiger partial charge in [-0.2, -0.15) is 13.2 Å². The summed E-state index contributed by atoms with van der Waals surface area (Å²) in [5.74, 6) is 0. The minimum atomic E-state index is -4.57. The first-order chi connectivity index (χ1) is 10.1. The van der Waals surface area contributed by atoms with Crippen LogP contribution < -0.4 is 4.72 Å². The highest BCUT2D eigenvalue weighted by Gasteiger charge is 2.34. The van der Waals surface area contributed by atoms with E-state index in [9.17, 15) is 21.6 Å². The molecule has 1 aromatic carbocycles. The predicted octanol–water partition coefficient (Wildman–Crippen LogP) is 2.39. The average Bonchev–Trinajstić information content (AvgIpc) is 2.36. The number of likely N-dealkylation sites (tertiary alicyclic amines) is 1. The van der Waals surface area contributed by atoms with Gasteiger partial charge >= 0.3 is 6.18 Å². The molecule has 1 heterocycles. The van der Waals surface area contributed by atoms with E-state index in [1.54, 1.807) is 0 Å².